The Hall–Kier alpha value is -1.55. The summed E-state index contributed by atoms with van der Waals surface area (Å²) in [6, 6.07) is 7.42. The third kappa shape index (κ3) is 2.17. The zero-order valence-corrected chi connectivity index (χ0v) is 9.73. The van der Waals surface area contributed by atoms with E-state index in [2.05, 4.69) is 10.1 Å². The lowest BCUT2D eigenvalue weighted by molar-refractivity contribution is 0.379. The van der Waals surface area contributed by atoms with E-state index in [9.17, 15) is 0 Å². The number of nitrogens with zero attached hydrogens (tertiary/aromatic N) is 2. The molecule has 2 rings (SSSR count). The van der Waals surface area contributed by atoms with E-state index in [1.165, 1.54) is 0 Å². The molecule has 0 saturated heterocycles. The van der Waals surface area contributed by atoms with E-state index >= 15 is 0 Å². The molecule has 0 unspecified atom stereocenters. The first-order valence-electron chi connectivity index (χ1n) is 4.83. The van der Waals surface area contributed by atoms with Crippen LogP contribution in [-0.2, 0) is 0 Å². The van der Waals surface area contributed by atoms with Crippen molar-refractivity contribution in [3.05, 3.63) is 30.2 Å². The monoisotopic (exact) mass is 238 g/mol. The van der Waals surface area contributed by atoms with Crippen molar-refractivity contribution in [3.63, 3.8) is 0 Å². The first-order chi connectivity index (χ1) is 7.70. The fourth-order valence-corrected chi connectivity index (χ4v) is 1.34. The van der Waals surface area contributed by atoms with Gasteiger partial charge >= 0.3 is 0 Å². The summed E-state index contributed by atoms with van der Waals surface area (Å²) in [6.45, 7) is 1.78. The molecule has 0 radical (unpaired) electrons. The molecule has 1 aromatic carbocycles. The van der Waals surface area contributed by atoms with Crippen molar-refractivity contribution in [2.75, 3.05) is 7.11 Å². The van der Waals surface area contributed by atoms with E-state index in [0.717, 1.165) is 11.3 Å². The highest BCUT2D eigenvalue weighted by Crippen LogP contribution is 2.23. The fourth-order valence-electron chi connectivity index (χ4n) is 1.25. The number of hydrogen-bond acceptors (Lipinski definition) is 4. The van der Waals surface area contributed by atoms with Crippen molar-refractivity contribution >= 4 is 11.6 Å². The van der Waals surface area contributed by atoms with Gasteiger partial charge in [-0.25, -0.2) is 0 Å². The Bertz CT molecular complexity index is 465. The zero-order chi connectivity index (χ0) is 11.5. The van der Waals surface area contributed by atoms with Crippen LogP contribution in [0.1, 0.15) is 18.2 Å². The molecule has 16 heavy (non-hydrogen) atoms. The molecule has 0 N–H and O–H groups in total. The minimum atomic E-state index is -0.278. The molecule has 0 fully saturated rings. The average Bonchev–Trinajstić information content (AvgIpc) is 2.78. The Kier molecular flexibility index (Phi) is 3.10. The van der Waals surface area contributed by atoms with E-state index in [4.69, 9.17) is 20.9 Å². The largest absolute Gasteiger partial charge is 0.497 e. The number of rotatable bonds is 3. The molecule has 1 aromatic heterocycles. The van der Waals surface area contributed by atoms with Gasteiger partial charge in [0.1, 0.15) is 11.1 Å². The predicted molar refractivity (Wildman–Crippen MR) is 60.6 cm³/mol. The molecule has 2 aromatic rings. The second-order valence-corrected chi connectivity index (χ2v) is 3.96. The topological polar surface area (TPSA) is 48.2 Å². The lowest BCUT2D eigenvalue weighted by Gasteiger charge is -1.98. The average molecular weight is 239 g/mol. The summed E-state index contributed by atoms with van der Waals surface area (Å²) in [7, 11) is 1.62. The molecule has 0 aliphatic rings. The quantitative estimate of drug-likeness (QED) is 0.771. The molecule has 1 atom stereocenters. The molecule has 1 heterocycles. The number of aromatic nitrogens is 2. The molecule has 0 saturated carbocycles. The van der Waals surface area contributed by atoms with Gasteiger partial charge in [0.25, 0.3) is 0 Å². The highest BCUT2D eigenvalue weighted by Gasteiger charge is 2.12. The van der Waals surface area contributed by atoms with Crippen molar-refractivity contribution < 1.29 is 9.26 Å². The SMILES string of the molecule is COc1ccc(-c2noc([C@H](C)Cl)n2)cc1. The van der Waals surface area contributed by atoms with E-state index in [1.807, 2.05) is 24.3 Å². The fraction of sp³-hybridized carbons (Fsp3) is 0.273. The lowest BCUT2D eigenvalue weighted by atomic mass is 10.2. The maximum atomic E-state index is 5.84. The van der Waals surface area contributed by atoms with Crippen molar-refractivity contribution in [1.29, 1.82) is 0 Å². The van der Waals surface area contributed by atoms with Gasteiger partial charge < -0.3 is 9.26 Å². The predicted octanol–water partition coefficient (Wildman–Crippen LogP) is 3.05. The molecular formula is C11H11ClN2O2. The summed E-state index contributed by atoms with van der Waals surface area (Å²) >= 11 is 5.84. The highest BCUT2D eigenvalue weighted by atomic mass is 35.5. The zero-order valence-electron chi connectivity index (χ0n) is 8.98. The van der Waals surface area contributed by atoms with E-state index < -0.39 is 0 Å². The van der Waals surface area contributed by atoms with E-state index in [0.29, 0.717) is 11.7 Å². The van der Waals surface area contributed by atoms with Crippen LogP contribution >= 0.6 is 11.6 Å². The Balaban J connectivity index is 2.28. The van der Waals surface area contributed by atoms with Crippen molar-refractivity contribution in [3.8, 4) is 17.1 Å². The second-order valence-electron chi connectivity index (χ2n) is 3.30. The van der Waals surface area contributed by atoms with Gasteiger partial charge in [-0.3, -0.25) is 0 Å². The van der Waals surface area contributed by atoms with Gasteiger partial charge in [0, 0.05) is 5.56 Å². The maximum Gasteiger partial charge on any atom is 0.244 e. The van der Waals surface area contributed by atoms with Crippen LogP contribution in [0.15, 0.2) is 28.8 Å². The summed E-state index contributed by atoms with van der Waals surface area (Å²) in [4.78, 5) is 4.18. The lowest BCUT2D eigenvalue weighted by Crippen LogP contribution is -1.85. The molecule has 0 bridgehead atoms. The number of methoxy groups -OCH3 is 1. The molecule has 4 nitrogen and oxygen atoms in total. The van der Waals surface area contributed by atoms with Gasteiger partial charge in [-0.1, -0.05) is 5.16 Å². The Morgan fingerprint density at radius 1 is 1.31 bits per heavy atom. The third-order valence-corrected chi connectivity index (χ3v) is 2.32. The first kappa shape index (κ1) is 11.0. The number of halogens is 1. The molecule has 84 valence electrons. The smallest absolute Gasteiger partial charge is 0.244 e. The molecule has 0 aliphatic carbocycles. The van der Waals surface area contributed by atoms with Crippen LogP contribution in [0.2, 0.25) is 0 Å². The molecule has 0 amide bonds. The number of alkyl halides is 1. The van der Waals surface area contributed by atoms with Crippen molar-refractivity contribution in [2.24, 2.45) is 0 Å². The van der Waals surface area contributed by atoms with Crippen LogP contribution in [0, 0.1) is 0 Å². The van der Waals surface area contributed by atoms with Gasteiger partial charge in [-0.15, -0.1) is 11.6 Å². The van der Waals surface area contributed by atoms with Gasteiger partial charge in [-0.05, 0) is 31.2 Å². The van der Waals surface area contributed by atoms with Gasteiger partial charge in [0.15, 0.2) is 0 Å². The third-order valence-electron chi connectivity index (χ3n) is 2.13. The number of benzene rings is 1. The Labute approximate surface area is 98.2 Å². The van der Waals surface area contributed by atoms with E-state index in [1.54, 1.807) is 14.0 Å². The minimum absolute atomic E-state index is 0.278. The van der Waals surface area contributed by atoms with E-state index in [-0.39, 0.29) is 5.38 Å². The minimum Gasteiger partial charge on any atom is -0.497 e. The summed E-state index contributed by atoms with van der Waals surface area (Å²) in [5.41, 5.74) is 0.869. The first-order valence-corrected chi connectivity index (χ1v) is 5.26. The van der Waals surface area contributed by atoms with Crippen LogP contribution in [0.4, 0.5) is 0 Å². The van der Waals surface area contributed by atoms with Crippen molar-refractivity contribution in [2.45, 2.75) is 12.3 Å². The van der Waals surface area contributed by atoms with Crippen LogP contribution in [-0.4, -0.2) is 17.3 Å². The number of ether oxygens (including phenoxy) is 1. The maximum absolute atomic E-state index is 5.84. The van der Waals surface area contributed by atoms with Crippen LogP contribution in [0.5, 0.6) is 5.75 Å². The molecule has 0 aliphatic heterocycles. The summed E-state index contributed by atoms with van der Waals surface area (Å²) in [5, 5.41) is 3.57. The van der Waals surface area contributed by atoms with Crippen molar-refractivity contribution in [1.82, 2.24) is 10.1 Å². The van der Waals surface area contributed by atoms with Crippen LogP contribution in [0.3, 0.4) is 0 Å². The molecule has 5 heteroatoms. The molecular weight excluding hydrogens is 228 g/mol. The summed E-state index contributed by atoms with van der Waals surface area (Å²) < 4.78 is 10.1. The number of hydrogen-bond donors (Lipinski definition) is 0. The van der Waals surface area contributed by atoms with Crippen LogP contribution in [0.25, 0.3) is 11.4 Å². The van der Waals surface area contributed by atoms with Gasteiger partial charge in [-0.2, -0.15) is 4.98 Å². The summed E-state index contributed by atoms with van der Waals surface area (Å²) in [6.07, 6.45) is 0. The standard InChI is InChI=1S/C11H11ClN2O2/c1-7(12)11-13-10(14-16-11)8-3-5-9(15-2)6-4-8/h3-7H,1-2H3/t7-/m0/s1. The molecule has 0 spiro atoms. The normalized spacial score (nSPS) is 12.4. The van der Waals surface area contributed by atoms with Gasteiger partial charge in [0.05, 0.1) is 7.11 Å². The van der Waals surface area contributed by atoms with Gasteiger partial charge in [0.2, 0.25) is 11.7 Å². The van der Waals surface area contributed by atoms with Crippen LogP contribution < -0.4 is 4.74 Å². The highest BCUT2D eigenvalue weighted by molar-refractivity contribution is 6.20. The second kappa shape index (κ2) is 4.53. The Morgan fingerprint density at radius 2 is 2.00 bits per heavy atom. The Morgan fingerprint density at radius 3 is 2.50 bits per heavy atom. The summed E-state index contributed by atoms with van der Waals surface area (Å²) in [5.74, 6) is 1.75.